The van der Waals surface area contributed by atoms with Crippen LogP contribution >= 0.6 is 15.9 Å². The molecule has 2 rings (SSSR count). The molecule has 140 valence electrons. The number of carbonyl (C=O) groups is 1. The summed E-state index contributed by atoms with van der Waals surface area (Å²) < 4.78 is 33.2. The summed E-state index contributed by atoms with van der Waals surface area (Å²) in [5.41, 5.74) is 0.755. The third kappa shape index (κ3) is 5.55. The van der Waals surface area contributed by atoms with Crippen molar-refractivity contribution < 1.29 is 17.9 Å². The van der Waals surface area contributed by atoms with Crippen LogP contribution in [0.4, 0.5) is 5.69 Å². The van der Waals surface area contributed by atoms with Crippen LogP contribution in [0.25, 0.3) is 0 Å². The van der Waals surface area contributed by atoms with Crippen molar-refractivity contribution in [2.45, 2.75) is 11.3 Å². The summed E-state index contributed by atoms with van der Waals surface area (Å²) in [6, 6.07) is 12.8. The molecule has 0 spiro atoms. The zero-order chi connectivity index (χ0) is 19.2. The number of carbonyl (C=O) groups excluding carboxylic acids is 1. The van der Waals surface area contributed by atoms with Crippen LogP contribution in [0.5, 0.6) is 0 Å². The molecule has 1 amide bonds. The average molecular weight is 441 g/mol. The molecule has 0 saturated carbocycles. The molecule has 0 fully saturated rings. The molecule has 1 N–H and O–H groups in total. The fourth-order valence-corrected chi connectivity index (χ4v) is 3.63. The molecule has 0 aliphatic rings. The van der Waals surface area contributed by atoms with E-state index in [9.17, 15) is 13.2 Å². The lowest BCUT2D eigenvalue weighted by molar-refractivity contribution is 0.0779. The molecule has 0 radical (unpaired) electrons. The number of hydrogen-bond acceptors (Lipinski definition) is 4. The standard InChI is InChI=1S/C18H21BrN2O4S/c1-21(11-4-12-25-2)18(22)14-5-3-6-16(13-14)20-26(23,24)17-9-7-15(19)8-10-17/h3,5-10,13,20H,4,11-12H2,1-2H3. The van der Waals surface area contributed by atoms with Gasteiger partial charge in [-0.25, -0.2) is 8.42 Å². The monoisotopic (exact) mass is 440 g/mol. The molecular formula is C18H21BrN2O4S. The summed E-state index contributed by atoms with van der Waals surface area (Å²) in [4.78, 5) is 14.2. The predicted octanol–water partition coefficient (Wildman–Crippen LogP) is 3.36. The highest BCUT2D eigenvalue weighted by molar-refractivity contribution is 9.10. The van der Waals surface area contributed by atoms with Gasteiger partial charge >= 0.3 is 0 Å². The smallest absolute Gasteiger partial charge is 0.261 e. The number of benzene rings is 2. The minimum Gasteiger partial charge on any atom is -0.385 e. The van der Waals surface area contributed by atoms with Crippen molar-refractivity contribution in [1.82, 2.24) is 4.90 Å². The maximum atomic E-state index is 12.5. The van der Waals surface area contributed by atoms with Gasteiger partial charge in [0.15, 0.2) is 0 Å². The number of nitrogens with zero attached hydrogens (tertiary/aromatic N) is 1. The fourth-order valence-electron chi connectivity index (χ4n) is 2.31. The van der Waals surface area contributed by atoms with Crippen LogP contribution in [-0.2, 0) is 14.8 Å². The van der Waals surface area contributed by atoms with Gasteiger partial charge < -0.3 is 9.64 Å². The van der Waals surface area contributed by atoms with Crippen molar-refractivity contribution in [3.63, 3.8) is 0 Å². The lowest BCUT2D eigenvalue weighted by Gasteiger charge is -2.17. The Balaban J connectivity index is 2.13. The molecule has 2 aromatic carbocycles. The lowest BCUT2D eigenvalue weighted by atomic mass is 10.2. The van der Waals surface area contributed by atoms with E-state index >= 15 is 0 Å². The van der Waals surface area contributed by atoms with E-state index in [0.717, 1.165) is 10.9 Å². The minimum atomic E-state index is -3.72. The Bertz CT molecular complexity index is 854. The van der Waals surface area contributed by atoms with Crippen LogP contribution in [0.1, 0.15) is 16.8 Å². The zero-order valence-corrected chi connectivity index (χ0v) is 17.0. The van der Waals surface area contributed by atoms with E-state index < -0.39 is 10.0 Å². The first-order valence-electron chi connectivity index (χ1n) is 7.96. The number of nitrogens with one attached hydrogen (secondary N) is 1. The first kappa shape index (κ1) is 20.4. The molecule has 0 unspecified atom stereocenters. The van der Waals surface area contributed by atoms with Crippen LogP contribution in [-0.4, -0.2) is 46.5 Å². The zero-order valence-electron chi connectivity index (χ0n) is 14.6. The highest BCUT2D eigenvalue weighted by atomic mass is 79.9. The van der Waals surface area contributed by atoms with Crippen molar-refractivity contribution in [2.24, 2.45) is 0 Å². The molecule has 2 aromatic rings. The maximum Gasteiger partial charge on any atom is 0.261 e. The summed E-state index contributed by atoms with van der Waals surface area (Å²) in [6.07, 6.45) is 0.731. The molecular weight excluding hydrogens is 420 g/mol. The summed E-state index contributed by atoms with van der Waals surface area (Å²) in [6.45, 7) is 1.13. The molecule has 8 heteroatoms. The van der Waals surface area contributed by atoms with Gasteiger partial charge in [-0.3, -0.25) is 9.52 Å². The summed E-state index contributed by atoms with van der Waals surface area (Å²) in [5, 5.41) is 0. The van der Waals surface area contributed by atoms with Gasteiger partial charge in [-0.2, -0.15) is 0 Å². The Hall–Kier alpha value is -1.90. The highest BCUT2D eigenvalue weighted by Gasteiger charge is 2.16. The molecule has 0 saturated heterocycles. The summed E-state index contributed by atoms with van der Waals surface area (Å²) in [5.74, 6) is -0.175. The molecule has 0 aliphatic carbocycles. The summed E-state index contributed by atoms with van der Waals surface area (Å²) >= 11 is 3.28. The topological polar surface area (TPSA) is 75.7 Å². The van der Waals surface area contributed by atoms with Crippen molar-refractivity contribution in [2.75, 3.05) is 32.0 Å². The SMILES string of the molecule is COCCCN(C)C(=O)c1cccc(NS(=O)(=O)c2ccc(Br)cc2)c1. The number of halogens is 1. The van der Waals surface area contributed by atoms with Crippen LogP contribution in [0.3, 0.4) is 0 Å². The average Bonchev–Trinajstić information content (AvgIpc) is 2.61. The van der Waals surface area contributed by atoms with Crippen LogP contribution in [0, 0.1) is 0 Å². The molecule has 0 bridgehead atoms. The van der Waals surface area contributed by atoms with Gasteiger partial charge in [0.05, 0.1) is 4.90 Å². The Morgan fingerprint density at radius 3 is 2.54 bits per heavy atom. The van der Waals surface area contributed by atoms with Crippen molar-refractivity contribution >= 4 is 37.5 Å². The first-order chi connectivity index (χ1) is 12.3. The third-order valence-corrected chi connectivity index (χ3v) is 5.60. The van der Waals surface area contributed by atoms with Gasteiger partial charge in [-0.1, -0.05) is 22.0 Å². The molecule has 0 aromatic heterocycles. The van der Waals surface area contributed by atoms with Crippen LogP contribution in [0.15, 0.2) is 57.9 Å². The number of anilines is 1. The number of methoxy groups -OCH3 is 1. The van der Waals surface area contributed by atoms with Gasteiger partial charge in [0.2, 0.25) is 0 Å². The number of amides is 1. The second-order valence-corrected chi connectivity index (χ2v) is 8.31. The number of ether oxygens (including phenoxy) is 1. The minimum absolute atomic E-state index is 0.147. The molecule has 6 nitrogen and oxygen atoms in total. The summed E-state index contributed by atoms with van der Waals surface area (Å²) in [7, 11) is -0.404. The van der Waals surface area contributed by atoms with Crippen molar-refractivity contribution in [3.8, 4) is 0 Å². The quantitative estimate of drug-likeness (QED) is 0.638. The Morgan fingerprint density at radius 2 is 1.88 bits per heavy atom. The predicted molar refractivity (Wildman–Crippen MR) is 105 cm³/mol. The largest absolute Gasteiger partial charge is 0.385 e. The number of hydrogen-bond donors (Lipinski definition) is 1. The Kier molecular flexibility index (Phi) is 7.19. The van der Waals surface area contributed by atoms with E-state index in [4.69, 9.17) is 4.74 Å². The van der Waals surface area contributed by atoms with Gasteiger partial charge in [0.1, 0.15) is 0 Å². The molecule has 26 heavy (non-hydrogen) atoms. The maximum absolute atomic E-state index is 12.5. The molecule has 0 atom stereocenters. The Labute approximate surface area is 162 Å². The van der Waals surface area contributed by atoms with E-state index in [1.807, 2.05) is 0 Å². The molecule has 0 heterocycles. The van der Waals surface area contributed by atoms with E-state index in [2.05, 4.69) is 20.7 Å². The lowest BCUT2D eigenvalue weighted by Crippen LogP contribution is -2.28. The van der Waals surface area contributed by atoms with E-state index in [1.165, 1.54) is 18.2 Å². The van der Waals surface area contributed by atoms with Crippen molar-refractivity contribution in [1.29, 1.82) is 0 Å². The van der Waals surface area contributed by atoms with Crippen LogP contribution in [0.2, 0.25) is 0 Å². The normalized spacial score (nSPS) is 11.2. The first-order valence-corrected chi connectivity index (χ1v) is 10.2. The van der Waals surface area contributed by atoms with Crippen molar-refractivity contribution in [3.05, 3.63) is 58.6 Å². The van der Waals surface area contributed by atoms with E-state index in [-0.39, 0.29) is 10.8 Å². The van der Waals surface area contributed by atoms with E-state index in [1.54, 1.807) is 49.4 Å². The number of rotatable bonds is 8. The Morgan fingerprint density at radius 1 is 1.19 bits per heavy atom. The van der Waals surface area contributed by atoms with Crippen LogP contribution < -0.4 is 4.72 Å². The van der Waals surface area contributed by atoms with Gasteiger partial charge in [-0.15, -0.1) is 0 Å². The molecule has 0 aliphatic heterocycles. The van der Waals surface area contributed by atoms with Gasteiger partial charge in [0.25, 0.3) is 15.9 Å². The fraction of sp³-hybridized carbons (Fsp3) is 0.278. The second kappa shape index (κ2) is 9.16. The van der Waals surface area contributed by atoms with Gasteiger partial charge in [0, 0.05) is 43.0 Å². The third-order valence-electron chi connectivity index (χ3n) is 3.67. The number of sulfonamides is 1. The van der Waals surface area contributed by atoms with E-state index in [0.29, 0.717) is 24.4 Å². The highest BCUT2D eigenvalue weighted by Crippen LogP contribution is 2.20. The van der Waals surface area contributed by atoms with Gasteiger partial charge in [-0.05, 0) is 48.9 Å². The second-order valence-electron chi connectivity index (χ2n) is 5.71.